The summed E-state index contributed by atoms with van der Waals surface area (Å²) < 4.78 is 5.64. The average molecular weight is 279 g/mol. The summed E-state index contributed by atoms with van der Waals surface area (Å²) in [4.78, 5) is 14.5. The van der Waals surface area contributed by atoms with Gasteiger partial charge < -0.3 is 9.64 Å². The first kappa shape index (κ1) is 13.4. The lowest BCUT2D eigenvalue weighted by molar-refractivity contribution is 0.100. The molecule has 3 nitrogen and oxygen atoms in total. The normalized spacial score (nSPS) is 15.5. The summed E-state index contributed by atoms with van der Waals surface area (Å²) in [7, 11) is 4.01. The van der Waals surface area contributed by atoms with E-state index in [0.29, 0.717) is 23.5 Å². The first-order chi connectivity index (χ1) is 10.1. The zero-order valence-corrected chi connectivity index (χ0v) is 12.2. The lowest BCUT2D eigenvalue weighted by Crippen LogP contribution is -2.18. The maximum absolute atomic E-state index is 12.4. The topological polar surface area (TPSA) is 29.5 Å². The third-order valence-corrected chi connectivity index (χ3v) is 3.56. The second-order valence-corrected chi connectivity index (χ2v) is 5.27. The number of para-hydroxylation sites is 1. The smallest absolute Gasteiger partial charge is 0.196 e. The van der Waals surface area contributed by atoms with Crippen molar-refractivity contribution in [2.75, 3.05) is 25.6 Å². The minimum absolute atomic E-state index is 0.0496. The first-order valence-electron chi connectivity index (χ1n) is 6.89. The van der Waals surface area contributed by atoms with Crippen molar-refractivity contribution in [2.45, 2.75) is 0 Å². The third-order valence-electron chi connectivity index (χ3n) is 3.56. The highest BCUT2D eigenvalue weighted by molar-refractivity contribution is 6.14. The maximum atomic E-state index is 12.4. The summed E-state index contributed by atoms with van der Waals surface area (Å²) >= 11 is 0. The molecule has 3 rings (SSSR count). The van der Waals surface area contributed by atoms with Crippen LogP contribution < -0.4 is 9.64 Å². The zero-order chi connectivity index (χ0) is 14.8. The van der Waals surface area contributed by atoms with Crippen molar-refractivity contribution in [3.8, 4) is 5.75 Å². The van der Waals surface area contributed by atoms with E-state index >= 15 is 0 Å². The van der Waals surface area contributed by atoms with Crippen LogP contribution in [0.3, 0.4) is 0 Å². The molecule has 1 aliphatic heterocycles. The summed E-state index contributed by atoms with van der Waals surface area (Å²) in [5.41, 5.74) is 3.46. The fourth-order valence-electron chi connectivity index (χ4n) is 2.35. The van der Waals surface area contributed by atoms with Crippen molar-refractivity contribution in [3.63, 3.8) is 0 Å². The molecule has 0 saturated heterocycles. The summed E-state index contributed by atoms with van der Waals surface area (Å²) in [5.74, 6) is 0.719. The molecule has 0 unspecified atom stereocenters. The van der Waals surface area contributed by atoms with Gasteiger partial charge in [-0.05, 0) is 35.9 Å². The quantitative estimate of drug-likeness (QED) is 0.789. The van der Waals surface area contributed by atoms with E-state index in [9.17, 15) is 4.79 Å². The number of hydrogen-bond acceptors (Lipinski definition) is 3. The highest BCUT2D eigenvalue weighted by Crippen LogP contribution is 2.27. The Morgan fingerprint density at radius 3 is 2.48 bits per heavy atom. The predicted octanol–water partition coefficient (Wildman–Crippen LogP) is 3.41. The number of ether oxygens (including phenoxy) is 1. The molecule has 2 aromatic rings. The molecular formula is C18H17NO2. The fourth-order valence-corrected chi connectivity index (χ4v) is 2.35. The number of rotatable bonds is 2. The summed E-state index contributed by atoms with van der Waals surface area (Å²) in [5, 5.41) is 0. The second kappa shape index (κ2) is 5.44. The van der Waals surface area contributed by atoms with Gasteiger partial charge in [0.15, 0.2) is 5.78 Å². The van der Waals surface area contributed by atoms with Gasteiger partial charge in [-0.2, -0.15) is 0 Å². The summed E-state index contributed by atoms with van der Waals surface area (Å²) in [6.07, 6.45) is 1.90. The number of ketones is 1. The van der Waals surface area contributed by atoms with E-state index in [4.69, 9.17) is 4.74 Å². The summed E-state index contributed by atoms with van der Waals surface area (Å²) in [6, 6.07) is 15.5. The van der Waals surface area contributed by atoms with E-state index in [1.807, 2.05) is 67.5 Å². The second-order valence-electron chi connectivity index (χ2n) is 5.27. The van der Waals surface area contributed by atoms with Crippen LogP contribution in [0.1, 0.15) is 15.9 Å². The van der Waals surface area contributed by atoms with Crippen molar-refractivity contribution in [1.29, 1.82) is 0 Å². The SMILES string of the molecule is CN(C)c1ccc(/C=C2/COc3ccccc3C2=O)cc1. The van der Waals surface area contributed by atoms with Crippen LogP contribution in [0.15, 0.2) is 54.1 Å². The molecular weight excluding hydrogens is 262 g/mol. The number of carbonyl (C=O) groups excluding carboxylic acids is 1. The van der Waals surface area contributed by atoms with Crippen molar-refractivity contribution in [2.24, 2.45) is 0 Å². The Bertz CT molecular complexity index is 699. The van der Waals surface area contributed by atoms with Crippen molar-refractivity contribution < 1.29 is 9.53 Å². The largest absolute Gasteiger partial charge is 0.488 e. The van der Waals surface area contributed by atoms with E-state index in [0.717, 1.165) is 11.3 Å². The zero-order valence-electron chi connectivity index (χ0n) is 12.2. The monoisotopic (exact) mass is 279 g/mol. The molecule has 21 heavy (non-hydrogen) atoms. The molecule has 1 aliphatic rings. The van der Waals surface area contributed by atoms with Gasteiger partial charge in [0, 0.05) is 25.4 Å². The molecule has 2 aromatic carbocycles. The van der Waals surface area contributed by atoms with Gasteiger partial charge in [-0.15, -0.1) is 0 Å². The van der Waals surface area contributed by atoms with Crippen LogP contribution in [0, 0.1) is 0 Å². The van der Waals surface area contributed by atoms with E-state index in [2.05, 4.69) is 0 Å². The number of fused-ring (bicyclic) bond motifs is 1. The lowest BCUT2D eigenvalue weighted by Gasteiger charge is -2.18. The molecule has 0 amide bonds. The highest BCUT2D eigenvalue weighted by atomic mass is 16.5. The van der Waals surface area contributed by atoms with Gasteiger partial charge in [0.05, 0.1) is 5.56 Å². The highest BCUT2D eigenvalue weighted by Gasteiger charge is 2.22. The van der Waals surface area contributed by atoms with Crippen LogP contribution in [0.25, 0.3) is 6.08 Å². The number of nitrogens with zero attached hydrogens (tertiary/aromatic N) is 1. The standard InChI is InChI=1S/C18H17NO2/c1-19(2)15-9-7-13(8-10-15)11-14-12-21-17-6-4-3-5-16(17)18(14)20/h3-11H,12H2,1-2H3/b14-11-. The Labute approximate surface area is 124 Å². The predicted molar refractivity (Wildman–Crippen MR) is 85.0 cm³/mol. The fraction of sp³-hybridized carbons (Fsp3) is 0.167. The van der Waals surface area contributed by atoms with Gasteiger partial charge in [0.2, 0.25) is 0 Å². The summed E-state index contributed by atoms with van der Waals surface area (Å²) in [6.45, 7) is 0.325. The van der Waals surface area contributed by atoms with Crippen LogP contribution in [0.4, 0.5) is 5.69 Å². The molecule has 0 radical (unpaired) electrons. The van der Waals surface area contributed by atoms with Crippen LogP contribution in [-0.4, -0.2) is 26.5 Å². The Kier molecular flexibility index (Phi) is 3.48. The number of anilines is 1. The number of carbonyl (C=O) groups is 1. The number of Topliss-reactive ketones (excluding diaryl/α,β-unsaturated/α-hetero) is 1. The first-order valence-corrected chi connectivity index (χ1v) is 6.89. The molecule has 0 saturated carbocycles. The lowest BCUT2D eigenvalue weighted by atomic mass is 9.98. The minimum Gasteiger partial charge on any atom is -0.488 e. The van der Waals surface area contributed by atoms with Crippen LogP contribution in [0.2, 0.25) is 0 Å². The molecule has 1 heterocycles. The molecule has 3 heteroatoms. The van der Waals surface area contributed by atoms with E-state index in [-0.39, 0.29) is 5.78 Å². The molecule has 0 aromatic heterocycles. The van der Waals surface area contributed by atoms with Crippen LogP contribution in [-0.2, 0) is 0 Å². The number of hydrogen-bond donors (Lipinski definition) is 0. The Morgan fingerprint density at radius 1 is 1.05 bits per heavy atom. The van der Waals surface area contributed by atoms with Gasteiger partial charge in [-0.1, -0.05) is 24.3 Å². The maximum Gasteiger partial charge on any atom is 0.196 e. The average Bonchev–Trinajstić information content (AvgIpc) is 2.51. The van der Waals surface area contributed by atoms with Gasteiger partial charge in [0.1, 0.15) is 12.4 Å². The van der Waals surface area contributed by atoms with E-state index < -0.39 is 0 Å². The molecule has 0 bridgehead atoms. The molecule has 0 N–H and O–H groups in total. The molecule has 0 fully saturated rings. The van der Waals surface area contributed by atoms with Crippen molar-refractivity contribution in [1.82, 2.24) is 0 Å². The Balaban J connectivity index is 1.89. The molecule has 0 aliphatic carbocycles. The molecule has 0 spiro atoms. The van der Waals surface area contributed by atoms with Crippen molar-refractivity contribution >= 4 is 17.5 Å². The van der Waals surface area contributed by atoms with Crippen LogP contribution in [0.5, 0.6) is 5.75 Å². The van der Waals surface area contributed by atoms with Gasteiger partial charge in [-0.25, -0.2) is 0 Å². The van der Waals surface area contributed by atoms with Gasteiger partial charge >= 0.3 is 0 Å². The number of benzene rings is 2. The minimum atomic E-state index is 0.0496. The van der Waals surface area contributed by atoms with Gasteiger partial charge in [0.25, 0.3) is 0 Å². The third kappa shape index (κ3) is 2.68. The van der Waals surface area contributed by atoms with E-state index in [1.165, 1.54) is 0 Å². The molecule has 0 atom stereocenters. The van der Waals surface area contributed by atoms with Crippen LogP contribution >= 0.6 is 0 Å². The van der Waals surface area contributed by atoms with E-state index in [1.54, 1.807) is 6.07 Å². The Hall–Kier alpha value is -2.55. The van der Waals surface area contributed by atoms with Crippen molar-refractivity contribution in [3.05, 3.63) is 65.2 Å². The van der Waals surface area contributed by atoms with Gasteiger partial charge in [-0.3, -0.25) is 4.79 Å². The molecule has 106 valence electrons. The Morgan fingerprint density at radius 2 is 1.76 bits per heavy atom.